The zero-order valence-electron chi connectivity index (χ0n) is 17.4. The molecule has 3 aliphatic heterocycles. The van der Waals surface area contributed by atoms with Crippen molar-refractivity contribution in [3.63, 3.8) is 0 Å². The van der Waals surface area contributed by atoms with Gasteiger partial charge in [0.1, 0.15) is 5.54 Å². The molecule has 0 unspecified atom stereocenters. The molecule has 8 heteroatoms. The highest BCUT2D eigenvalue weighted by Gasteiger charge is 2.70. The van der Waals surface area contributed by atoms with E-state index < -0.39 is 47.0 Å². The predicted octanol–water partition coefficient (Wildman–Crippen LogP) is 1.64. The second kappa shape index (κ2) is 6.73. The predicted molar refractivity (Wildman–Crippen MR) is 121 cm³/mol. The van der Waals surface area contributed by atoms with Gasteiger partial charge in [0, 0.05) is 23.7 Å². The van der Waals surface area contributed by atoms with E-state index in [-0.39, 0.29) is 6.42 Å². The largest absolute Gasteiger partial charge is 0.370 e. The van der Waals surface area contributed by atoms with Crippen molar-refractivity contribution in [3.8, 4) is 0 Å². The Morgan fingerprint density at radius 1 is 0.939 bits per heavy atom. The molecule has 3 aromatic carbocycles. The van der Waals surface area contributed by atoms with E-state index in [0.717, 1.165) is 15.7 Å². The second-order valence-corrected chi connectivity index (χ2v) is 8.78. The smallest absolute Gasteiger partial charge is 0.250 e. The molecular weight excluding hydrogens is 420 g/mol. The number of nitrogens with two attached hydrogens (primary N) is 1. The summed E-state index contributed by atoms with van der Waals surface area (Å²) < 4.78 is 0. The van der Waals surface area contributed by atoms with Crippen LogP contribution in [-0.2, 0) is 24.7 Å². The Morgan fingerprint density at radius 2 is 1.67 bits per heavy atom. The van der Waals surface area contributed by atoms with Gasteiger partial charge < -0.3 is 11.1 Å². The quantitative estimate of drug-likeness (QED) is 0.535. The van der Waals surface area contributed by atoms with Crippen LogP contribution in [0.15, 0.2) is 66.7 Å². The zero-order valence-corrected chi connectivity index (χ0v) is 17.4. The highest BCUT2D eigenvalue weighted by Crippen LogP contribution is 2.53. The van der Waals surface area contributed by atoms with Crippen molar-refractivity contribution in [2.24, 2.45) is 17.6 Å². The van der Waals surface area contributed by atoms with Gasteiger partial charge in [-0.05, 0) is 29.0 Å². The van der Waals surface area contributed by atoms with Gasteiger partial charge in [-0.2, -0.15) is 0 Å². The maximum atomic E-state index is 13.9. The number of nitrogens with zero attached hydrogens (tertiary/aromatic N) is 1. The number of imide groups is 1. The van der Waals surface area contributed by atoms with E-state index in [2.05, 4.69) is 10.6 Å². The Balaban J connectivity index is 1.51. The monoisotopic (exact) mass is 440 g/mol. The van der Waals surface area contributed by atoms with Gasteiger partial charge in [-0.3, -0.25) is 24.5 Å². The molecule has 2 saturated heterocycles. The van der Waals surface area contributed by atoms with E-state index in [1.54, 1.807) is 36.4 Å². The maximum absolute atomic E-state index is 13.9. The first kappa shape index (κ1) is 19.6. The number of benzene rings is 3. The molecule has 3 aliphatic rings. The van der Waals surface area contributed by atoms with E-state index in [4.69, 9.17) is 5.73 Å². The number of hydrogen-bond donors (Lipinski definition) is 3. The number of amides is 4. The van der Waals surface area contributed by atoms with Crippen molar-refractivity contribution in [2.75, 3.05) is 10.2 Å². The van der Waals surface area contributed by atoms with Crippen molar-refractivity contribution < 1.29 is 19.2 Å². The molecule has 3 heterocycles. The van der Waals surface area contributed by atoms with Crippen molar-refractivity contribution in [1.82, 2.24) is 5.32 Å². The van der Waals surface area contributed by atoms with Crippen molar-refractivity contribution in [3.05, 3.63) is 72.3 Å². The molecular formula is C25H20N4O4. The van der Waals surface area contributed by atoms with Gasteiger partial charge in [-0.15, -0.1) is 0 Å². The zero-order chi connectivity index (χ0) is 22.9. The van der Waals surface area contributed by atoms with Crippen LogP contribution in [0, 0.1) is 11.8 Å². The third-order valence-electron chi connectivity index (χ3n) is 7.03. The first-order chi connectivity index (χ1) is 15.9. The Kier molecular flexibility index (Phi) is 4.00. The fourth-order valence-corrected chi connectivity index (χ4v) is 5.72. The molecule has 33 heavy (non-hydrogen) atoms. The third kappa shape index (κ3) is 2.55. The molecule has 6 rings (SSSR count). The summed E-state index contributed by atoms with van der Waals surface area (Å²) in [6.45, 7) is 0. The number of para-hydroxylation sites is 1. The van der Waals surface area contributed by atoms with Crippen LogP contribution in [0.5, 0.6) is 0 Å². The first-order valence-electron chi connectivity index (χ1n) is 10.8. The number of primary amides is 1. The Morgan fingerprint density at radius 3 is 2.45 bits per heavy atom. The standard InChI is InChI=1S/C25H20N4O4/c26-19(30)12-18-20-21(25(28-18)16-7-3-4-8-17(16)27-24(25)33)23(32)29(22(20)31)15-10-9-13-5-1-2-6-14(13)11-15/h1-11,18,20-21,28H,12H2,(H2,26,30)(H,27,33)/t18-,20+,21+,25-/m0/s1. The minimum Gasteiger partial charge on any atom is -0.370 e. The van der Waals surface area contributed by atoms with Gasteiger partial charge in [-0.25, -0.2) is 4.90 Å². The normalized spacial score (nSPS) is 27.8. The molecule has 8 nitrogen and oxygen atoms in total. The molecule has 4 atom stereocenters. The molecule has 4 N–H and O–H groups in total. The summed E-state index contributed by atoms with van der Waals surface area (Å²) in [5.74, 6) is -3.82. The maximum Gasteiger partial charge on any atom is 0.250 e. The Labute approximate surface area is 188 Å². The summed E-state index contributed by atoms with van der Waals surface area (Å²) in [7, 11) is 0. The number of nitrogens with one attached hydrogen (secondary N) is 2. The Bertz CT molecular complexity index is 1390. The van der Waals surface area contributed by atoms with E-state index in [0.29, 0.717) is 16.9 Å². The van der Waals surface area contributed by atoms with Crippen LogP contribution in [0.2, 0.25) is 0 Å². The highest BCUT2D eigenvalue weighted by molar-refractivity contribution is 6.26. The van der Waals surface area contributed by atoms with E-state index >= 15 is 0 Å². The lowest BCUT2D eigenvalue weighted by Gasteiger charge is -2.29. The lowest BCUT2D eigenvalue weighted by atomic mass is 9.76. The van der Waals surface area contributed by atoms with Crippen LogP contribution in [-0.4, -0.2) is 29.7 Å². The summed E-state index contributed by atoms with van der Waals surface area (Å²) in [4.78, 5) is 53.8. The molecule has 0 saturated carbocycles. The van der Waals surface area contributed by atoms with Gasteiger partial charge in [0.2, 0.25) is 23.6 Å². The van der Waals surface area contributed by atoms with Gasteiger partial charge in [0.15, 0.2) is 0 Å². The van der Waals surface area contributed by atoms with Crippen LogP contribution in [0.4, 0.5) is 11.4 Å². The summed E-state index contributed by atoms with van der Waals surface area (Å²) in [6.07, 6.45) is -0.164. The SMILES string of the molecule is NC(=O)C[C@@H]1N[C@]2(C(=O)Nc3ccccc32)[C@H]2C(=O)N(c3ccc4ccccc4c3)C(=O)[C@H]12. The Hall–Kier alpha value is -4.04. The number of hydrogen-bond acceptors (Lipinski definition) is 5. The number of fused-ring (bicyclic) bond motifs is 5. The molecule has 0 bridgehead atoms. The number of carbonyl (C=O) groups is 4. The van der Waals surface area contributed by atoms with Gasteiger partial charge in [0.05, 0.1) is 17.5 Å². The van der Waals surface area contributed by atoms with Crippen LogP contribution < -0.4 is 21.3 Å². The molecule has 164 valence electrons. The minimum absolute atomic E-state index is 0.164. The summed E-state index contributed by atoms with van der Waals surface area (Å²) in [5, 5.41) is 7.89. The molecule has 2 fully saturated rings. The van der Waals surface area contributed by atoms with E-state index in [9.17, 15) is 19.2 Å². The van der Waals surface area contributed by atoms with Gasteiger partial charge in [0.25, 0.3) is 0 Å². The molecule has 0 aliphatic carbocycles. The van der Waals surface area contributed by atoms with E-state index in [1.165, 1.54) is 0 Å². The minimum atomic E-state index is -1.44. The topological polar surface area (TPSA) is 122 Å². The van der Waals surface area contributed by atoms with E-state index in [1.807, 2.05) is 30.3 Å². The summed E-state index contributed by atoms with van der Waals surface area (Å²) in [6, 6.07) is 19.4. The second-order valence-electron chi connectivity index (χ2n) is 8.78. The fraction of sp³-hybridized carbons (Fsp3) is 0.200. The van der Waals surface area contributed by atoms with Gasteiger partial charge >= 0.3 is 0 Å². The van der Waals surface area contributed by atoms with Crippen molar-refractivity contribution in [1.29, 1.82) is 0 Å². The average molecular weight is 440 g/mol. The number of anilines is 2. The number of carbonyl (C=O) groups excluding carboxylic acids is 4. The highest BCUT2D eigenvalue weighted by atomic mass is 16.2. The molecule has 0 aromatic heterocycles. The third-order valence-corrected chi connectivity index (χ3v) is 7.03. The lowest BCUT2D eigenvalue weighted by molar-refractivity contribution is -0.130. The van der Waals surface area contributed by atoms with Crippen LogP contribution in [0.1, 0.15) is 12.0 Å². The van der Waals surface area contributed by atoms with Crippen molar-refractivity contribution >= 4 is 45.8 Å². The summed E-state index contributed by atoms with van der Waals surface area (Å²) in [5.41, 5.74) is 5.65. The first-order valence-corrected chi connectivity index (χ1v) is 10.8. The molecule has 0 radical (unpaired) electrons. The number of rotatable bonds is 3. The van der Waals surface area contributed by atoms with Crippen LogP contribution in [0.25, 0.3) is 10.8 Å². The molecule has 3 aromatic rings. The lowest BCUT2D eigenvalue weighted by Crippen LogP contribution is -2.53. The summed E-state index contributed by atoms with van der Waals surface area (Å²) >= 11 is 0. The van der Waals surface area contributed by atoms with Crippen molar-refractivity contribution in [2.45, 2.75) is 18.0 Å². The molecule has 1 spiro atoms. The van der Waals surface area contributed by atoms with Crippen LogP contribution >= 0.6 is 0 Å². The van der Waals surface area contributed by atoms with Gasteiger partial charge in [-0.1, -0.05) is 48.5 Å². The average Bonchev–Trinajstić information content (AvgIpc) is 3.37. The molecule has 4 amide bonds. The fourth-order valence-electron chi connectivity index (χ4n) is 5.72. The van der Waals surface area contributed by atoms with Crippen LogP contribution in [0.3, 0.4) is 0 Å².